The number of carbonyl (C=O) groups excluding carboxylic acids is 1. The average Bonchev–Trinajstić information content (AvgIpc) is 2.65. The Morgan fingerprint density at radius 1 is 1.15 bits per heavy atom. The molecule has 0 radical (unpaired) electrons. The number of benzene rings is 2. The summed E-state index contributed by atoms with van der Waals surface area (Å²) in [6, 6.07) is 15.3. The Morgan fingerprint density at radius 3 is 2.56 bits per heavy atom. The van der Waals surface area contributed by atoms with Crippen LogP contribution in [0.2, 0.25) is 0 Å². The van der Waals surface area contributed by atoms with E-state index in [1.165, 1.54) is 18.7 Å². The topological polar surface area (TPSA) is 75.6 Å². The van der Waals surface area contributed by atoms with Crippen molar-refractivity contribution in [3.8, 4) is 5.75 Å². The second kappa shape index (κ2) is 8.71. The van der Waals surface area contributed by atoms with Crippen molar-refractivity contribution in [2.24, 2.45) is 5.92 Å². The third kappa shape index (κ3) is 4.88. The number of nitrogens with one attached hydrogen (secondary N) is 1. The van der Waals surface area contributed by atoms with Gasteiger partial charge in [0.1, 0.15) is 5.75 Å². The second-order valence-corrected chi connectivity index (χ2v) is 7.08. The number of hydrogen-bond acceptors (Lipinski definition) is 3. The Bertz CT molecular complexity index is 797. The van der Waals surface area contributed by atoms with Crippen LogP contribution in [-0.2, 0) is 11.2 Å². The van der Waals surface area contributed by atoms with E-state index in [0.29, 0.717) is 37.0 Å². The maximum Gasteiger partial charge on any atom is 0.335 e. The van der Waals surface area contributed by atoms with Crippen molar-refractivity contribution in [2.75, 3.05) is 13.7 Å². The van der Waals surface area contributed by atoms with Crippen LogP contribution in [0.3, 0.4) is 0 Å². The highest BCUT2D eigenvalue weighted by molar-refractivity contribution is 5.88. The molecule has 2 aromatic carbocycles. The maximum absolute atomic E-state index is 12.2. The Hall–Kier alpha value is -2.82. The summed E-state index contributed by atoms with van der Waals surface area (Å²) < 4.78 is 5.26. The van der Waals surface area contributed by atoms with Crippen LogP contribution in [0, 0.1) is 5.92 Å². The molecule has 1 aliphatic carbocycles. The smallest absolute Gasteiger partial charge is 0.335 e. The largest absolute Gasteiger partial charge is 0.496 e. The van der Waals surface area contributed by atoms with Gasteiger partial charge in [0.05, 0.1) is 12.7 Å². The summed E-state index contributed by atoms with van der Waals surface area (Å²) in [6.07, 6.45) is 3.31. The van der Waals surface area contributed by atoms with Gasteiger partial charge in [0, 0.05) is 13.0 Å². The lowest BCUT2D eigenvalue weighted by Gasteiger charge is -2.35. The van der Waals surface area contributed by atoms with Crippen molar-refractivity contribution in [3.05, 3.63) is 65.2 Å². The first-order valence-electron chi connectivity index (χ1n) is 9.28. The summed E-state index contributed by atoms with van der Waals surface area (Å²) in [4.78, 5) is 23.2. The van der Waals surface area contributed by atoms with E-state index in [-0.39, 0.29) is 11.5 Å². The highest BCUT2D eigenvalue weighted by Crippen LogP contribution is 2.43. The minimum absolute atomic E-state index is 0.0765. The molecule has 0 heterocycles. The minimum Gasteiger partial charge on any atom is -0.496 e. The predicted octanol–water partition coefficient (Wildman–Crippen LogP) is 3.64. The molecule has 0 aromatic heterocycles. The highest BCUT2D eigenvalue weighted by atomic mass is 16.5. The fourth-order valence-electron chi connectivity index (χ4n) is 3.65. The zero-order chi connectivity index (χ0) is 19.2. The fourth-order valence-corrected chi connectivity index (χ4v) is 3.65. The number of amides is 1. The molecule has 2 aromatic rings. The minimum atomic E-state index is -0.984. The number of carbonyl (C=O) groups is 2. The molecule has 1 saturated carbocycles. The number of aromatic carboxylic acids is 1. The SMILES string of the molecule is COc1cc(C(=O)O)ccc1CCNC(=O)CC1CC(c2ccccc2)C1. The number of carboxylic acid groups (broad SMARTS) is 1. The summed E-state index contributed by atoms with van der Waals surface area (Å²) >= 11 is 0. The number of hydrogen-bond donors (Lipinski definition) is 2. The van der Waals surface area contributed by atoms with Gasteiger partial charge in [-0.2, -0.15) is 0 Å². The van der Waals surface area contributed by atoms with E-state index in [1.807, 2.05) is 6.07 Å². The van der Waals surface area contributed by atoms with Gasteiger partial charge in [-0.3, -0.25) is 4.79 Å². The summed E-state index contributed by atoms with van der Waals surface area (Å²) in [7, 11) is 1.52. The molecular formula is C22H25NO4. The molecule has 1 fully saturated rings. The number of carboxylic acids is 1. The van der Waals surface area contributed by atoms with E-state index >= 15 is 0 Å². The first-order chi connectivity index (χ1) is 13.1. The van der Waals surface area contributed by atoms with Crippen LogP contribution in [-0.4, -0.2) is 30.6 Å². The number of ether oxygens (including phenoxy) is 1. The molecule has 3 rings (SSSR count). The Labute approximate surface area is 159 Å². The third-order valence-corrected chi connectivity index (χ3v) is 5.23. The van der Waals surface area contributed by atoms with E-state index in [2.05, 4.69) is 29.6 Å². The van der Waals surface area contributed by atoms with Crippen molar-refractivity contribution in [1.82, 2.24) is 5.32 Å². The van der Waals surface area contributed by atoms with Crippen LogP contribution >= 0.6 is 0 Å². The normalized spacial score (nSPS) is 18.4. The first kappa shape index (κ1) is 19.0. The molecule has 0 spiro atoms. The van der Waals surface area contributed by atoms with Gasteiger partial charge in [-0.25, -0.2) is 4.79 Å². The number of rotatable bonds is 8. The van der Waals surface area contributed by atoms with Crippen molar-refractivity contribution >= 4 is 11.9 Å². The molecular weight excluding hydrogens is 342 g/mol. The summed E-state index contributed by atoms with van der Waals surface area (Å²) in [5.41, 5.74) is 2.44. The fraction of sp³-hybridized carbons (Fsp3) is 0.364. The van der Waals surface area contributed by atoms with E-state index < -0.39 is 5.97 Å². The van der Waals surface area contributed by atoms with E-state index in [0.717, 1.165) is 18.4 Å². The van der Waals surface area contributed by atoms with E-state index in [4.69, 9.17) is 9.84 Å². The van der Waals surface area contributed by atoms with Crippen LogP contribution in [0.5, 0.6) is 5.75 Å². The van der Waals surface area contributed by atoms with E-state index in [1.54, 1.807) is 12.1 Å². The van der Waals surface area contributed by atoms with Gasteiger partial charge >= 0.3 is 5.97 Å². The molecule has 2 N–H and O–H groups in total. The second-order valence-electron chi connectivity index (χ2n) is 7.08. The van der Waals surface area contributed by atoms with Gasteiger partial charge in [-0.1, -0.05) is 36.4 Å². The summed E-state index contributed by atoms with van der Waals surface area (Å²) in [5, 5.41) is 12.0. The Morgan fingerprint density at radius 2 is 1.89 bits per heavy atom. The zero-order valence-electron chi connectivity index (χ0n) is 15.5. The van der Waals surface area contributed by atoms with Crippen LogP contribution in [0.25, 0.3) is 0 Å². The molecule has 1 amide bonds. The lowest BCUT2D eigenvalue weighted by atomic mass is 9.70. The van der Waals surface area contributed by atoms with Gasteiger partial charge in [0.25, 0.3) is 0 Å². The van der Waals surface area contributed by atoms with Crippen molar-refractivity contribution in [3.63, 3.8) is 0 Å². The van der Waals surface area contributed by atoms with E-state index in [9.17, 15) is 9.59 Å². The monoisotopic (exact) mass is 367 g/mol. The molecule has 0 bridgehead atoms. The van der Waals surface area contributed by atoms with Crippen molar-refractivity contribution in [2.45, 2.75) is 31.6 Å². The molecule has 0 saturated heterocycles. The van der Waals surface area contributed by atoms with Gasteiger partial charge < -0.3 is 15.2 Å². The molecule has 1 aliphatic rings. The molecule has 5 heteroatoms. The average molecular weight is 367 g/mol. The summed E-state index contributed by atoms with van der Waals surface area (Å²) in [6.45, 7) is 0.510. The quantitative estimate of drug-likeness (QED) is 0.747. The Kier molecular flexibility index (Phi) is 6.12. The van der Waals surface area contributed by atoms with Gasteiger partial charge in [-0.15, -0.1) is 0 Å². The maximum atomic E-state index is 12.2. The molecule has 5 nitrogen and oxygen atoms in total. The van der Waals surface area contributed by atoms with Gasteiger partial charge in [-0.05, 0) is 54.4 Å². The molecule has 0 unspecified atom stereocenters. The van der Waals surface area contributed by atoms with Crippen LogP contribution in [0.4, 0.5) is 0 Å². The predicted molar refractivity (Wildman–Crippen MR) is 103 cm³/mol. The molecule has 142 valence electrons. The number of methoxy groups -OCH3 is 1. The third-order valence-electron chi connectivity index (χ3n) is 5.23. The lowest BCUT2D eigenvalue weighted by Crippen LogP contribution is -2.31. The first-order valence-corrected chi connectivity index (χ1v) is 9.28. The van der Waals surface area contributed by atoms with Crippen LogP contribution < -0.4 is 10.1 Å². The standard InChI is InChI=1S/C22H25NO4/c1-27-20-14-18(22(25)26)8-7-17(20)9-10-23-21(24)13-15-11-19(12-15)16-5-3-2-4-6-16/h2-8,14-15,19H,9-13H2,1H3,(H,23,24)(H,25,26). The van der Waals surface area contributed by atoms with Gasteiger partial charge in [0.2, 0.25) is 5.91 Å². The highest BCUT2D eigenvalue weighted by Gasteiger charge is 2.31. The Balaban J connectivity index is 1.41. The van der Waals surface area contributed by atoms with Crippen molar-refractivity contribution < 1.29 is 19.4 Å². The zero-order valence-corrected chi connectivity index (χ0v) is 15.5. The van der Waals surface area contributed by atoms with Crippen LogP contribution in [0.15, 0.2) is 48.5 Å². The lowest BCUT2D eigenvalue weighted by molar-refractivity contribution is -0.122. The molecule has 0 aliphatic heterocycles. The van der Waals surface area contributed by atoms with Gasteiger partial charge in [0.15, 0.2) is 0 Å². The molecule has 0 atom stereocenters. The van der Waals surface area contributed by atoms with Crippen LogP contribution in [0.1, 0.15) is 46.7 Å². The van der Waals surface area contributed by atoms with Crippen molar-refractivity contribution in [1.29, 1.82) is 0 Å². The molecule has 27 heavy (non-hydrogen) atoms. The summed E-state index contributed by atoms with van der Waals surface area (Å²) in [5.74, 6) is 0.671.